The number of ether oxygens (including phenoxy) is 2. The van der Waals surface area contributed by atoms with Crippen LogP contribution in [0.3, 0.4) is 0 Å². The van der Waals surface area contributed by atoms with Crippen LogP contribution in [0.2, 0.25) is 0 Å². The molecule has 0 unspecified atom stereocenters. The fraction of sp³-hybridized carbons (Fsp3) is 0.700. The summed E-state index contributed by atoms with van der Waals surface area (Å²) in [5.74, 6) is -0.181. The molecule has 25 heavy (non-hydrogen) atoms. The highest BCUT2D eigenvalue weighted by Gasteiger charge is 2.29. The van der Waals surface area contributed by atoms with Gasteiger partial charge in [-0.1, -0.05) is 26.0 Å². The second-order valence-corrected chi connectivity index (χ2v) is 8.11. The SMILES string of the molecule is CC(C)(CN1CCOCC1)CN1CCO[C@H](Cc2ccc(F)cc2)C1. The van der Waals surface area contributed by atoms with Crippen molar-refractivity contribution in [2.75, 3.05) is 59.1 Å². The van der Waals surface area contributed by atoms with Crippen molar-refractivity contribution in [1.82, 2.24) is 9.80 Å². The predicted octanol–water partition coefficient (Wildman–Crippen LogP) is 2.43. The van der Waals surface area contributed by atoms with Crippen molar-refractivity contribution >= 4 is 0 Å². The lowest BCUT2D eigenvalue weighted by molar-refractivity contribution is -0.0439. The molecule has 2 aliphatic rings. The summed E-state index contributed by atoms with van der Waals surface area (Å²) >= 11 is 0. The quantitative estimate of drug-likeness (QED) is 0.787. The molecule has 0 bridgehead atoms. The van der Waals surface area contributed by atoms with E-state index in [1.54, 1.807) is 0 Å². The minimum Gasteiger partial charge on any atom is -0.379 e. The van der Waals surface area contributed by atoms with E-state index in [1.165, 1.54) is 12.1 Å². The van der Waals surface area contributed by atoms with Crippen molar-refractivity contribution in [3.8, 4) is 0 Å². The molecule has 0 amide bonds. The molecule has 0 aromatic heterocycles. The Morgan fingerprint density at radius 1 is 1.00 bits per heavy atom. The third kappa shape index (κ3) is 6.03. The number of nitrogens with zero attached hydrogens (tertiary/aromatic N) is 2. The summed E-state index contributed by atoms with van der Waals surface area (Å²) in [5.41, 5.74) is 1.38. The van der Waals surface area contributed by atoms with E-state index >= 15 is 0 Å². The maximum absolute atomic E-state index is 13.1. The highest BCUT2D eigenvalue weighted by atomic mass is 19.1. The fourth-order valence-electron chi connectivity index (χ4n) is 3.95. The maximum Gasteiger partial charge on any atom is 0.123 e. The Hall–Kier alpha value is -1.01. The summed E-state index contributed by atoms with van der Waals surface area (Å²) < 4.78 is 24.4. The minimum atomic E-state index is -0.181. The van der Waals surface area contributed by atoms with Crippen LogP contribution in [0, 0.1) is 11.2 Å². The van der Waals surface area contributed by atoms with Gasteiger partial charge in [0.25, 0.3) is 0 Å². The monoisotopic (exact) mass is 350 g/mol. The van der Waals surface area contributed by atoms with Crippen molar-refractivity contribution in [3.63, 3.8) is 0 Å². The standard InChI is InChI=1S/C20H31FN2O2/c1-20(2,15-22-7-10-24-11-8-22)16-23-9-12-25-19(14-23)13-17-3-5-18(21)6-4-17/h3-6,19H,7-16H2,1-2H3/t19-/m1/s1. The van der Waals surface area contributed by atoms with Crippen LogP contribution in [-0.4, -0.2) is 75.0 Å². The molecular weight excluding hydrogens is 319 g/mol. The van der Waals surface area contributed by atoms with Gasteiger partial charge in [-0.3, -0.25) is 9.80 Å². The summed E-state index contributed by atoms with van der Waals surface area (Å²) in [6.07, 6.45) is 1.04. The number of hydrogen-bond donors (Lipinski definition) is 0. The van der Waals surface area contributed by atoms with Crippen LogP contribution in [-0.2, 0) is 15.9 Å². The van der Waals surface area contributed by atoms with Crippen LogP contribution in [0.1, 0.15) is 19.4 Å². The molecule has 2 heterocycles. The Morgan fingerprint density at radius 2 is 1.64 bits per heavy atom. The van der Waals surface area contributed by atoms with Crippen molar-refractivity contribution < 1.29 is 13.9 Å². The molecule has 0 saturated carbocycles. The average Bonchev–Trinajstić information content (AvgIpc) is 2.57. The molecule has 2 saturated heterocycles. The Morgan fingerprint density at radius 3 is 2.36 bits per heavy atom. The zero-order valence-corrected chi connectivity index (χ0v) is 15.5. The molecule has 140 valence electrons. The van der Waals surface area contributed by atoms with Gasteiger partial charge in [-0.05, 0) is 29.5 Å². The molecule has 2 aliphatic heterocycles. The van der Waals surface area contributed by atoms with Crippen molar-refractivity contribution in [1.29, 1.82) is 0 Å². The molecule has 0 aliphatic carbocycles. The van der Waals surface area contributed by atoms with Gasteiger partial charge in [-0.25, -0.2) is 4.39 Å². The van der Waals surface area contributed by atoms with Crippen LogP contribution in [0.15, 0.2) is 24.3 Å². The lowest BCUT2D eigenvalue weighted by atomic mass is 9.91. The number of halogens is 1. The van der Waals surface area contributed by atoms with E-state index in [-0.39, 0.29) is 17.3 Å². The second-order valence-electron chi connectivity index (χ2n) is 8.11. The summed E-state index contributed by atoms with van der Waals surface area (Å²) in [6, 6.07) is 6.78. The Kier molecular flexibility index (Phi) is 6.44. The van der Waals surface area contributed by atoms with E-state index in [4.69, 9.17) is 9.47 Å². The highest BCUT2D eigenvalue weighted by Crippen LogP contribution is 2.22. The average molecular weight is 350 g/mol. The van der Waals surface area contributed by atoms with Gasteiger partial charge in [0.15, 0.2) is 0 Å². The normalized spacial score (nSPS) is 23.7. The number of morpholine rings is 2. The van der Waals surface area contributed by atoms with Crippen LogP contribution in [0.4, 0.5) is 4.39 Å². The highest BCUT2D eigenvalue weighted by molar-refractivity contribution is 5.17. The zero-order chi connectivity index (χ0) is 17.7. The predicted molar refractivity (Wildman–Crippen MR) is 97.3 cm³/mol. The lowest BCUT2D eigenvalue weighted by Crippen LogP contribution is -2.50. The molecule has 0 spiro atoms. The molecule has 0 N–H and O–H groups in total. The van der Waals surface area contributed by atoms with Gasteiger partial charge < -0.3 is 9.47 Å². The Balaban J connectivity index is 1.49. The summed E-state index contributed by atoms with van der Waals surface area (Å²) in [4.78, 5) is 5.04. The summed E-state index contributed by atoms with van der Waals surface area (Å²) in [5, 5.41) is 0. The molecule has 0 radical (unpaired) electrons. The van der Waals surface area contributed by atoms with Crippen LogP contribution < -0.4 is 0 Å². The van der Waals surface area contributed by atoms with Gasteiger partial charge in [-0.2, -0.15) is 0 Å². The Labute approximate surface area is 150 Å². The first-order valence-corrected chi connectivity index (χ1v) is 9.39. The van der Waals surface area contributed by atoms with Gasteiger partial charge in [0.1, 0.15) is 5.82 Å². The van der Waals surface area contributed by atoms with Crippen LogP contribution >= 0.6 is 0 Å². The molecule has 1 aromatic carbocycles. The first kappa shape index (κ1) is 18.8. The molecule has 2 fully saturated rings. The van der Waals surface area contributed by atoms with Crippen LogP contribution in [0.25, 0.3) is 0 Å². The van der Waals surface area contributed by atoms with Crippen LogP contribution in [0.5, 0.6) is 0 Å². The van der Waals surface area contributed by atoms with E-state index in [1.807, 2.05) is 12.1 Å². The van der Waals surface area contributed by atoms with Gasteiger partial charge >= 0.3 is 0 Å². The second kappa shape index (κ2) is 8.58. The summed E-state index contributed by atoms with van der Waals surface area (Å²) in [6.45, 7) is 13.4. The van der Waals surface area contributed by atoms with E-state index in [0.717, 1.165) is 71.1 Å². The van der Waals surface area contributed by atoms with Crippen molar-refractivity contribution in [3.05, 3.63) is 35.6 Å². The molecule has 5 heteroatoms. The molecule has 4 nitrogen and oxygen atoms in total. The van der Waals surface area contributed by atoms with E-state index in [2.05, 4.69) is 23.6 Å². The number of rotatable bonds is 6. The molecule has 1 aromatic rings. The van der Waals surface area contributed by atoms with Gasteiger partial charge in [0, 0.05) is 39.3 Å². The third-order valence-electron chi connectivity index (χ3n) is 5.01. The molecule has 1 atom stereocenters. The molecular formula is C20H31FN2O2. The first-order valence-electron chi connectivity index (χ1n) is 9.39. The minimum absolute atomic E-state index is 0.181. The van der Waals surface area contributed by atoms with E-state index in [0.29, 0.717) is 0 Å². The smallest absolute Gasteiger partial charge is 0.123 e. The topological polar surface area (TPSA) is 24.9 Å². The number of hydrogen-bond acceptors (Lipinski definition) is 4. The van der Waals surface area contributed by atoms with Gasteiger partial charge in [0.2, 0.25) is 0 Å². The lowest BCUT2D eigenvalue weighted by Gasteiger charge is -2.40. The largest absolute Gasteiger partial charge is 0.379 e. The first-order chi connectivity index (χ1) is 12.0. The van der Waals surface area contributed by atoms with E-state index < -0.39 is 0 Å². The zero-order valence-electron chi connectivity index (χ0n) is 15.5. The van der Waals surface area contributed by atoms with Crippen molar-refractivity contribution in [2.24, 2.45) is 5.41 Å². The summed E-state index contributed by atoms with van der Waals surface area (Å²) in [7, 11) is 0. The van der Waals surface area contributed by atoms with Crippen molar-refractivity contribution in [2.45, 2.75) is 26.4 Å². The maximum atomic E-state index is 13.1. The van der Waals surface area contributed by atoms with Gasteiger partial charge in [0.05, 0.1) is 25.9 Å². The fourth-order valence-corrected chi connectivity index (χ4v) is 3.95. The number of benzene rings is 1. The third-order valence-corrected chi connectivity index (χ3v) is 5.01. The van der Waals surface area contributed by atoms with Gasteiger partial charge in [-0.15, -0.1) is 0 Å². The van der Waals surface area contributed by atoms with E-state index in [9.17, 15) is 4.39 Å². The Bertz CT molecular complexity index is 529. The molecule has 3 rings (SSSR count).